The number of piperidine rings is 1. The minimum absolute atomic E-state index is 0.0933. The molecule has 2 aromatic heterocycles. The van der Waals surface area contributed by atoms with Crippen LogP contribution in [0.3, 0.4) is 0 Å². The number of pyridine rings is 1. The fraction of sp³-hybridized carbons (Fsp3) is 0.389. The first-order valence-electron chi connectivity index (χ1n) is 8.39. The van der Waals surface area contributed by atoms with E-state index in [0.29, 0.717) is 11.1 Å². The molecule has 5 nitrogen and oxygen atoms in total. The Morgan fingerprint density at radius 2 is 2.08 bits per heavy atom. The lowest BCUT2D eigenvalue weighted by atomic mass is 9.96. The van der Waals surface area contributed by atoms with Gasteiger partial charge in [0.2, 0.25) is 0 Å². The quantitative estimate of drug-likeness (QED) is 0.716. The van der Waals surface area contributed by atoms with Gasteiger partial charge < -0.3 is 9.47 Å². The zero-order valence-electron chi connectivity index (χ0n) is 14.2. The molecule has 3 heterocycles. The van der Waals surface area contributed by atoms with Gasteiger partial charge in [0.15, 0.2) is 11.6 Å². The fourth-order valence-electron chi connectivity index (χ4n) is 3.67. The number of aromatic nitrogens is 4. The van der Waals surface area contributed by atoms with Gasteiger partial charge in [0, 0.05) is 42.8 Å². The van der Waals surface area contributed by atoms with Crippen LogP contribution < -0.4 is 4.90 Å². The number of anilines is 1. The van der Waals surface area contributed by atoms with E-state index in [1.807, 2.05) is 17.7 Å². The Kier molecular flexibility index (Phi) is 3.86. The maximum absolute atomic E-state index is 14.2. The maximum Gasteiger partial charge on any atom is 0.185 e. The highest BCUT2D eigenvalue weighted by atomic mass is 19.2. The van der Waals surface area contributed by atoms with Crippen molar-refractivity contribution < 1.29 is 8.78 Å². The lowest BCUT2D eigenvalue weighted by Crippen LogP contribution is -2.35. The van der Waals surface area contributed by atoms with Crippen molar-refractivity contribution in [1.29, 1.82) is 0 Å². The molecule has 1 fully saturated rings. The first kappa shape index (κ1) is 15.9. The van der Waals surface area contributed by atoms with Gasteiger partial charge in [-0.15, -0.1) is 10.2 Å². The summed E-state index contributed by atoms with van der Waals surface area (Å²) in [6.45, 7) is 3.44. The van der Waals surface area contributed by atoms with Crippen LogP contribution in [-0.2, 0) is 7.05 Å². The van der Waals surface area contributed by atoms with Crippen LogP contribution in [0.5, 0.6) is 0 Å². The van der Waals surface area contributed by atoms with Crippen LogP contribution in [0.1, 0.15) is 30.3 Å². The smallest absolute Gasteiger partial charge is 0.185 e. The van der Waals surface area contributed by atoms with E-state index in [9.17, 15) is 8.78 Å². The van der Waals surface area contributed by atoms with Gasteiger partial charge in [0.1, 0.15) is 17.7 Å². The summed E-state index contributed by atoms with van der Waals surface area (Å²) in [6.07, 6.45) is 3.75. The summed E-state index contributed by atoms with van der Waals surface area (Å²) in [5.41, 5.74) is 1.66. The molecule has 7 heteroatoms. The third kappa shape index (κ3) is 2.73. The molecule has 0 bridgehead atoms. The van der Waals surface area contributed by atoms with Crippen molar-refractivity contribution in [3.05, 3.63) is 47.7 Å². The second-order valence-electron chi connectivity index (χ2n) is 6.63. The number of hydrogen-bond acceptors (Lipinski definition) is 4. The zero-order valence-corrected chi connectivity index (χ0v) is 14.2. The molecule has 3 aromatic rings. The van der Waals surface area contributed by atoms with Crippen LogP contribution in [-0.4, -0.2) is 32.8 Å². The highest BCUT2D eigenvalue weighted by molar-refractivity contribution is 5.92. The van der Waals surface area contributed by atoms with Gasteiger partial charge in [-0.05, 0) is 38.0 Å². The Labute approximate surface area is 144 Å². The van der Waals surface area contributed by atoms with Crippen molar-refractivity contribution in [2.45, 2.75) is 25.7 Å². The summed E-state index contributed by atoms with van der Waals surface area (Å²) >= 11 is 0. The summed E-state index contributed by atoms with van der Waals surface area (Å²) in [6, 6.07) is 4.72. The first-order chi connectivity index (χ1) is 12.0. The van der Waals surface area contributed by atoms with Crippen LogP contribution >= 0.6 is 0 Å². The first-order valence-corrected chi connectivity index (χ1v) is 8.39. The number of halogens is 2. The van der Waals surface area contributed by atoms with E-state index in [4.69, 9.17) is 0 Å². The predicted molar refractivity (Wildman–Crippen MR) is 91.6 cm³/mol. The zero-order chi connectivity index (χ0) is 17.6. The number of rotatable bonds is 2. The molecule has 0 saturated carbocycles. The molecule has 1 saturated heterocycles. The highest BCUT2D eigenvalue weighted by Crippen LogP contribution is 2.34. The third-order valence-electron chi connectivity index (χ3n) is 4.85. The van der Waals surface area contributed by atoms with E-state index in [-0.39, 0.29) is 11.4 Å². The Balaban J connectivity index is 1.76. The highest BCUT2D eigenvalue weighted by Gasteiger charge is 2.26. The van der Waals surface area contributed by atoms with Gasteiger partial charge in [-0.25, -0.2) is 13.8 Å². The minimum Gasteiger partial charge on any atom is -0.370 e. The van der Waals surface area contributed by atoms with E-state index in [0.717, 1.165) is 37.4 Å². The lowest BCUT2D eigenvalue weighted by molar-refractivity contribution is 0.480. The second kappa shape index (κ2) is 6.06. The number of aryl methyl sites for hydroxylation is 2. The van der Waals surface area contributed by atoms with Crippen molar-refractivity contribution in [3.8, 4) is 0 Å². The number of hydrogen-bond donors (Lipinski definition) is 0. The van der Waals surface area contributed by atoms with Crippen LogP contribution in [0.2, 0.25) is 0 Å². The summed E-state index contributed by atoms with van der Waals surface area (Å²) in [5.74, 6) is -0.538. The number of benzene rings is 1. The number of fused-ring (bicyclic) bond motifs is 1. The molecular weight excluding hydrogens is 324 g/mol. The SMILES string of the molecule is Cc1cc(N2CCC[C@@H](c3nncn3C)C2)c2ccc(F)c(F)c2n1. The topological polar surface area (TPSA) is 46.8 Å². The van der Waals surface area contributed by atoms with E-state index in [2.05, 4.69) is 20.1 Å². The van der Waals surface area contributed by atoms with E-state index in [1.54, 1.807) is 19.3 Å². The lowest BCUT2D eigenvalue weighted by Gasteiger charge is -2.34. The summed E-state index contributed by atoms with van der Waals surface area (Å²) in [5, 5.41) is 8.85. The standard InChI is InChI=1S/C18H19F2N5/c1-11-8-15(13-5-6-14(19)16(20)17(13)22-11)25-7-3-4-12(9-25)18-23-21-10-24(18)2/h5-6,8,10,12H,3-4,7,9H2,1-2H3/t12-/m1/s1. The normalized spacial score (nSPS) is 18.1. The molecule has 130 valence electrons. The summed E-state index contributed by atoms with van der Waals surface area (Å²) in [7, 11) is 1.94. The van der Waals surface area contributed by atoms with Gasteiger partial charge in [-0.1, -0.05) is 0 Å². The Hall–Kier alpha value is -2.57. The monoisotopic (exact) mass is 343 g/mol. The van der Waals surface area contributed by atoms with Crippen LogP contribution in [0.15, 0.2) is 24.5 Å². The van der Waals surface area contributed by atoms with Crippen molar-refractivity contribution in [2.75, 3.05) is 18.0 Å². The molecule has 1 atom stereocenters. The van der Waals surface area contributed by atoms with Crippen LogP contribution in [0.25, 0.3) is 10.9 Å². The fourth-order valence-corrected chi connectivity index (χ4v) is 3.67. The molecule has 4 rings (SSSR count). The Morgan fingerprint density at radius 1 is 1.24 bits per heavy atom. The second-order valence-corrected chi connectivity index (χ2v) is 6.63. The van der Waals surface area contributed by atoms with Gasteiger partial charge in [-0.2, -0.15) is 0 Å². The van der Waals surface area contributed by atoms with E-state index >= 15 is 0 Å². The van der Waals surface area contributed by atoms with Gasteiger partial charge in [-0.3, -0.25) is 0 Å². The predicted octanol–water partition coefficient (Wildman–Crippen LogP) is 3.33. The molecule has 0 N–H and O–H groups in total. The molecule has 0 aliphatic carbocycles. The molecule has 1 aliphatic rings. The van der Waals surface area contributed by atoms with Gasteiger partial charge in [0.25, 0.3) is 0 Å². The molecule has 0 amide bonds. The molecule has 25 heavy (non-hydrogen) atoms. The largest absolute Gasteiger partial charge is 0.370 e. The van der Waals surface area contributed by atoms with Crippen LogP contribution in [0.4, 0.5) is 14.5 Å². The van der Waals surface area contributed by atoms with Gasteiger partial charge >= 0.3 is 0 Å². The third-order valence-corrected chi connectivity index (χ3v) is 4.85. The minimum atomic E-state index is -0.885. The van der Waals surface area contributed by atoms with Crippen molar-refractivity contribution in [1.82, 2.24) is 19.7 Å². The summed E-state index contributed by atoms with van der Waals surface area (Å²) < 4.78 is 29.7. The van der Waals surface area contributed by atoms with Crippen molar-refractivity contribution in [3.63, 3.8) is 0 Å². The molecular formula is C18H19F2N5. The van der Waals surface area contributed by atoms with Crippen molar-refractivity contribution in [2.24, 2.45) is 7.05 Å². The Bertz CT molecular complexity index is 937. The molecule has 0 unspecified atom stereocenters. The molecule has 1 aliphatic heterocycles. The van der Waals surface area contributed by atoms with E-state index in [1.165, 1.54) is 6.07 Å². The molecule has 0 radical (unpaired) electrons. The van der Waals surface area contributed by atoms with Crippen molar-refractivity contribution >= 4 is 16.6 Å². The van der Waals surface area contributed by atoms with E-state index < -0.39 is 11.6 Å². The number of nitrogens with zero attached hydrogens (tertiary/aromatic N) is 5. The van der Waals surface area contributed by atoms with Crippen LogP contribution in [0, 0.1) is 18.6 Å². The molecule has 0 spiro atoms. The average molecular weight is 343 g/mol. The summed E-state index contributed by atoms with van der Waals surface area (Å²) in [4.78, 5) is 6.43. The molecule has 1 aromatic carbocycles. The Morgan fingerprint density at radius 3 is 2.84 bits per heavy atom. The maximum atomic E-state index is 14.2. The van der Waals surface area contributed by atoms with Gasteiger partial charge in [0.05, 0.1) is 0 Å². The average Bonchev–Trinajstić information content (AvgIpc) is 3.04.